The van der Waals surface area contributed by atoms with Gasteiger partial charge in [-0.25, -0.2) is 0 Å². The molecule has 0 spiro atoms. The van der Waals surface area contributed by atoms with E-state index >= 15 is 0 Å². The molecule has 0 bridgehead atoms. The number of aliphatic hydroxyl groups excluding tert-OH is 2. The SMILES string of the molecule is C[N+](C)(C)CC(O)COCCCCCCOCC(O)C[N+](C)(C)C.Cl.Cl. The van der Waals surface area contributed by atoms with Crippen LogP contribution >= 0.6 is 24.8 Å². The summed E-state index contributed by atoms with van der Waals surface area (Å²) in [6.45, 7) is 3.66. The van der Waals surface area contributed by atoms with Crippen molar-refractivity contribution in [3.05, 3.63) is 0 Å². The van der Waals surface area contributed by atoms with E-state index in [4.69, 9.17) is 9.47 Å². The lowest BCUT2D eigenvalue weighted by molar-refractivity contribution is -0.873. The van der Waals surface area contributed by atoms with Crippen molar-refractivity contribution in [1.29, 1.82) is 0 Å². The van der Waals surface area contributed by atoms with Crippen molar-refractivity contribution in [2.45, 2.75) is 37.9 Å². The normalized spacial score (nSPS) is 14.3. The van der Waals surface area contributed by atoms with Gasteiger partial charge in [0.1, 0.15) is 25.3 Å². The van der Waals surface area contributed by atoms with E-state index in [1.807, 2.05) is 0 Å². The third-order valence-electron chi connectivity index (χ3n) is 3.46. The number of likely N-dealkylation sites (N-methyl/N-ethyl adjacent to an activating group) is 2. The zero-order valence-electron chi connectivity index (χ0n) is 17.6. The molecule has 2 atom stereocenters. The molecule has 2 unspecified atom stereocenters. The number of unbranched alkanes of at least 4 members (excludes halogenated alkanes) is 3. The highest BCUT2D eigenvalue weighted by Crippen LogP contribution is 2.03. The molecule has 0 rings (SSSR count). The van der Waals surface area contributed by atoms with Crippen LogP contribution in [-0.2, 0) is 9.47 Å². The summed E-state index contributed by atoms with van der Waals surface area (Å²) >= 11 is 0. The maximum atomic E-state index is 9.82. The monoisotopic (exact) mass is 422 g/mol. The van der Waals surface area contributed by atoms with E-state index in [2.05, 4.69) is 42.3 Å². The van der Waals surface area contributed by atoms with Gasteiger partial charge in [-0.15, -0.1) is 24.8 Å². The van der Waals surface area contributed by atoms with Crippen LogP contribution in [0.3, 0.4) is 0 Å². The number of quaternary nitrogens is 2. The minimum Gasteiger partial charge on any atom is -0.385 e. The Bertz CT molecular complexity index is 281. The first-order valence-electron chi connectivity index (χ1n) is 9.12. The van der Waals surface area contributed by atoms with Gasteiger partial charge in [0, 0.05) is 13.2 Å². The van der Waals surface area contributed by atoms with Crippen LogP contribution in [0, 0.1) is 0 Å². The van der Waals surface area contributed by atoms with Gasteiger partial charge in [0.05, 0.1) is 55.5 Å². The third kappa shape index (κ3) is 24.3. The number of rotatable bonds is 15. The maximum absolute atomic E-state index is 9.82. The van der Waals surface area contributed by atoms with Gasteiger partial charge in [0.25, 0.3) is 0 Å². The topological polar surface area (TPSA) is 58.9 Å². The first-order chi connectivity index (χ1) is 11.0. The molecule has 0 aromatic heterocycles. The number of ether oxygens (including phenoxy) is 2. The highest BCUT2D eigenvalue weighted by Gasteiger charge is 2.16. The lowest BCUT2D eigenvalue weighted by Gasteiger charge is -2.26. The first-order valence-corrected chi connectivity index (χ1v) is 9.12. The molecule has 0 saturated heterocycles. The van der Waals surface area contributed by atoms with Gasteiger partial charge in [-0.1, -0.05) is 12.8 Å². The fourth-order valence-electron chi connectivity index (χ4n) is 2.57. The van der Waals surface area contributed by atoms with E-state index in [9.17, 15) is 10.2 Å². The van der Waals surface area contributed by atoms with Crippen LogP contribution in [-0.4, -0.2) is 113 Å². The van der Waals surface area contributed by atoms with E-state index in [-0.39, 0.29) is 24.8 Å². The molecule has 0 aliphatic carbocycles. The molecule has 0 aliphatic heterocycles. The van der Waals surface area contributed by atoms with Crippen molar-refractivity contribution in [3.8, 4) is 0 Å². The van der Waals surface area contributed by atoms with E-state index in [1.165, 1.54) is 0 Å². The van der Waals surface area contributed by atoms with E-state index in [1.54, 1.807) is 0 Å². The minimum atomic E-state index is -0.392. The second kappa shape index (κ2) is 16.3. The Morgan fingerprint density at radius 2 is 0.923 bits per heavy atom. The number of halogens is 2. The quantitative estimate of drug-likeness (QED) is 0.310. The van der Waals surface area contributed by atoms with Crippen LogP contribution in [0.4, 0.5) is 0 Å². The number of hydrogen-bond donors (Lipinski definition) is 2. The van der Waals surface area contributed by atoms with Crippen LogP contribution in [0.15, 0.2) is 0 Å². The first kappa shape index (κ1) is 31.0. The Balaban J connectivity index is -0.00000264. The molecule has 8 heteroatoms. The molecule has 26 heavy (non-hydrogen) atoms. The van der Waals surface area contributed by atoms with Crippen LogP contribution in [0.2, 0.25) is 0 Å². The second-order valence-corrected chi connectivity index (χ2v) is 8.82. The second-order valence-electron chi connectivity index (χ2n) is 8.82. The van der Waals surface area contributed by atoms with Crippen molar-refractivity contribution in [1.82, 2.24) is 0 Å². The Kier molecular flexibility index (Phi) is 19.5. The summed E-state index contributed by atoms with van der Waals surface area (Å²) in [6, 6.07) is 0. The van der Waals surface area contributed by atoms with Crippen LogP contribution < -0.4 is 0 Å². The number of nitrogens with zero attached hydrogens (tertiary/aromatic N) is 2. The summed E-state index contributed by atoms with van der Waals surface area (Å²) in [6.07, 6.45) is 3.46. The lowest BCUT2D eigenvalue weighted by Crippen LogP contribution is -2.43. The van der Waals surface area contributed by atoms with Crippen LogP contribution in [0.1, 0.15) is 25.7 Å². The summed E-state index contributed by atoms with van der Waals surface area (Å²) in [5.74, 6) is 0. The van der Waals surface area contributed by atoms with E-state index < -0.39 is 12.2 Å². The average Bonchev–Trinajstić information content (AvgIpc) is 2.36. The molecule has 0 saturated carbocycles. The predicted molar refractivity (Wildman–Crippen MR) is 112 cm³/mol. The Labute approximate surface area is 173 Å². The van der Waals surface area contributed by atoms with Crippen LogP contribution in [0.5, 0.6) is 0 Å². The van der Waals surface area contributed by atoms with Gasteiger partial charge in [0.2, 0.25) is 0 Å². The van der Waals surface area contributed by atoms with E-state index in [0.717, 1.165) is 34.6 Å². The van der Waals surface area contributed by atoms with Crippen molar-refractivity contribution in [3.63, 3.8) is 0 Å². The molecule has 162 valence electrons. The molecule has 2 N–H and O–H groups in total. The lowest BCUT2D eigenvalue weighted by atomic mass is 10.2. The Hall–Kier alpha value is 0.340. The average molecular weight is 423 g/mol. The molecule has 0 fully saturated rings. The summed E-state index contributed by atoms with van der Waals surface area (Å²) < 4.78 is 12.5. The smallest absolute Gasteiger partial charge is 0.126 e. The van der Waals surface area contributed by atoms with Crippen molar-refractivity contribution < 1.29 is 28.7 Å². The molecule has 0 aromatic carbocycles. The van der Waals surface area contributed by atoms with Crippen molar-refractivity contribution in [2.75, 3.05) is 81.8 Å². The summed E-state index contributed by atoms with van der Waals surface area (Å²) in [7, 11) is 12.4. The summed E-state index contributed by atoms with van der Waals surface area (Å²) in [5.41, 5.74) is 0. The van der Waals surface area contributed by atoms with E-state index in [0.29, 0.717) is 39.5 Å². The standard InChI is InChI=1S/C18H42N2O4.2ClH/c1-19(2,3)13-17(21)15-23-11-9-7-8-10-12-24-16-18(22)14-20(4,5)6;;/h17-18,21-22H,7-16H2,1-6H3;2*1H/q+2;;. The van der Waals surface area contributed by atoms with Gasteiger partial charge < -0.3 is 28.7 Å². The Morgan fingerprint density at radius 1 is 0.615 bits per heavy atom. The molecular formula is C18H44Cl2N2O4+2. The van der Waals surface area contributed by atoms with Crippen LogP contribution in [0.25, 0.3) is 0 Å². The van der Waals surface area contributed by atoms with Gasteiger partial charge in [0.15, 0.2) is 0 Å². The van der Waals surface area contributed by atoms with Crippen molar-refractivity contribution in [2.24, 2.45) is 0 Å². The number of aliphatic hydroxyl groups is 2. The van der Waals surface area contributed by atoms with Crippen molar-refractivity contribution >= 4 is 24.8 Å². The highest BCUT2D eigenvalue weighted by atomic mass is 35.5. The van der Waals surface area contributed by atoms with Gasteiger partial charge in [-0.05, 0) is 12.8 Å². The molecule has 0 amide bonds. The zero-order valence-corrected chi connectivity index (χ0v) is 19.3. The summed E-state index contributed by atoms with van der Waals surface area (Å²) in [4.78, 5) is 0. The molecule has 0 aromatic rings. The van der Waals surface area contributed by atoms with Gasteiger partial charge in [-0.2, -0.15) is 0 Å². The zero-order chi connectivity index (χ0) is 18.6. The molecule has 6 nitrogen and oxygen atoms in total. The third-order valence-corrected chi connectivity index (χ3v) is 3.46. The van der Waals surface area contributed by atoms with Gasteiger partial charge >= 0.3 is 0 Å². The number of hydrogen-bond acceptors (Lipinski definition) is 4. The predicted octanol–water partition coefficient (Wildman–Crippen LogP) is 1.56. The molecule has 0 heterocycles. The molecule has 0 radical (unpaired) electrons. The highest BCUT2D eigenvalue weighted by molar-refractivity contribution is 5.85. The molecular weight excluding hydrogens is 379 g/mol. The van der Waals surface area contributed by atoms with Gasteiger partial charge in [-0.3, -0.25) is 0 Å². The largest absolute Gasteiger partial charge is 0.385 e. The molecule has 0 aliphatic rings. The Morgan fingerprint density at radius 3 is 1.19 bits per heavy atom. The fourth-order valence-corrected chi connectivity index (χ4v) is 2.57. The fraction of sp³-hybridized carbons (Fsp3) is 1.00. The minimum absolute atomic E-state index is 0. The summed E-state index contributed by atoms with van der Waals surface area (Å²) in [5, 5.41) is 19.6. The maximum Gasteiger partial charge on any atom is 0.126 e.